The molecule has 1 aliphatic rings. The Morgan fingerprint density at radius 3 is 2.80 bits per heavy atom. The van der Waals surface area contributed by atoms with Crippen molar-refractivity contribution in [2.45, 2.75) is 25.3 Å². The summed E-state index contributed by atoms with van der Waals surface area (Å²) < 4.78 is 5.16. The van der Waals surface area contributed by atoms with Gasteiger partial charge in [0, 0.05) is 0 Å². The van der Waals surface area contributed by atoms with Crippen molar-refractivity contribution in [3.63, 3.8) is 0 Å². The van der Waals surface area contributed by atoms with E-state index in [2.05, 4.69) is 4.98 Å². The molecule has 0 unspecified atom stereocenters. The lowest BCUT2D eigenvalue weighted by atomic mass is 10.2. The van der Waals surface area contributed by atoms with Crippen molar-refractivity contribution in [3.8, 4) is 0 Å². The SMILES string of the molecule is Cc1ncoc1C1(N)CC1. The van der Waals surface area contributed by atoms with Crippen LogP contribution in [-0.2, 0) is 5.54 Å². The number of rotatable bonds is 1. The van der Waals surface area contributed by atoms with Gasteiger partial charge in [0.05, 0.1) is 11.2 Å². The fourth-order valence-electron chi connectivity index (χ4n) is 1.14. The summed E-state index contributed by atoms with van der Waals surface area (Å²) >= 11 is 0. The van der Waals surface area contributed by atoms with Gasteiger partial charge in [0.25, 0.3) is 0 Å². The fourth-order valence-corrected chi connectivity index (χ4v) is 1.14. The minimum Gasteiger partial charge on any atom is -0.446 e. The molecule has 1 aromatic heterocycles. The smallest absolute Gasteiger partial charge is 0.181 e. The quantitative estimate of drug-likeness (QED) is 0.628. The topological polar surface area (TPSA) is 52.0 Å². The summed E-state index contributed by atoms with van der Waals surface area (Å²) in [5, 5.41) is 0. The van der Waals surface area contributed by atoms with Crippen molar-refractivity contribution in [1.29, 1.82) is 0 Å². The number of aryl methyl sites for hydroxylation is 1. The number of nitrogens with two attached hydrogens (primary N) is 1. The van der Waals surface area contributed by atoms with Gasteiger partial charge in [0.1, 0.15) is 5.76 Å². The van der Waals surface area contributed by atoms with E-state index < -0.39 is 0 Å². The van der Waals surface area contributed by atoms with Crippen molar-refractivity contribution >= 4 is 0 Å². The molecular weight excluding hydrogens is 128 g/mol. The molecule has 1 aliphatic carbocycles. The molecule has 0 atom stereocenters. The lowest BCUT2D eigenvalue weighted by Gasteiger charge is -2.02. The van der Waals surface area contributed by atoms with Crippen molar-refractivity contribution in [2.75, 3.05) is 0 Å². The van der Waals surface area contributed by atoms with Crippen LogP contribution < -0.4 is 5.73 Å². The summed E-state index contributed by atoms with van der Waals surface area (Å²) in [5.74, 6) is 0.868. The van der Waals surface area contributed by atoms with E-state index in [4.69, 9.17) is 10.2 Å². The first-order valence-corrected chi connectivity index (χ1v) is 3.42. The third kappa shape index (κ3) is 0.671. The van der Waals surface area contributed by atoms with E-state index in [0.29, 0.717) is 0 Å². The maximum Gasteiger partial charge on any atom is 0.181 e. The van der Waals surface area contributed by atoms with Gasteiger partial charge in [-0.2, -0.15) is 0 Å². The van der Waals surface area contributed by atoms with Gasteiger partial charge in [-0.3, -0.25) is 0 Å². The predicted molar refractivity (Wildman–Crippen MR) is 36.3 cm³/mol. The van der Waals surface area contributed by atoms with Gasteiger partial charge in [-0.15, -0.1) is 0 Å². The monoisotopic (exact) mass is 138 g/mol. The Hall–Kier alpha value is -0.830. The summed E-state index contributed by atoms with van der Waals surface area (Å²) in [6.45, 7) is 1.92. The normalized spacial score (nSPS) is 21.0. The summed E-state index contributed by atoms with van der Waals surface area (Å²) in [5.41, 5.74) is 6.64. The summed E-state index contributed by atoms with van der Waals surface area (Å²) in [4.78, 5) is 3.98. The number of aromatic nitrogens is 1. The second kappa shape index (κ2) is 1.61. The Balaban J connectivity index is 2.42. The molecule has 3 nitrogen and oxygen atoms in total. The maximum absolute atomic E-state index is 5.88. The van der Waals surface area contributed by atoms with Crippen LogP contribution in [0, 0.1) is 6.92 Å². The molecule has 1 fully saturated rings. The number of hydrogen-bond donors (Lipinski definition) is 1. The minimum absolute atomic E-state index is 0.166. The second-order valence-electron chi connectivity index (χ2n) is 2.92. The molecule has 0 amide bonds. The predicted octanol–water partition coefficient (Wildman–Crippen LogP) is 0.931. The highest BCUT2D eigenvalue weighted by Crippen LogP contribution is 2.43. The average Bonchev–Trinajstić information content (AvgIpc) is 2.44. The summed E-state index contributed by atoms with van der Waals surface area (Å²) in [6.07, 6.45) is 3.52. The zero-order valence-corrected chi connectivity index (χ0v) is 5.92. The molecule has 2 N–H and O–H groups in total. The van der Waals surface area contributed by atoms with Gasteiger partial charge < -0.3 is 10.2 Å². The highest BCUT2D eigenvalue weighted by Gasteiger charge is 2.44. The first-order valence-electron chi connectivity index (χ1n) is 3.42. The van der Waals surface area contributed by atoms with Crippen LogP contribution in [0.1, 0.15) is 24.3 Å². The van der Waals surface area contributed by atoms with Crippen LogP contribution in [-0.4, -0.2) is 4.98 Å². The Bertz CT molecular complexity index is 250. The first-order chi connectivity index (χ1) is 4.72. The Morgan fingerprint density at radius 1 is 1.70 bits per heavy atom. The fraction of sp³-hybridized carbons (Fsp3) is 0.571. The Morgan fingerprint density at radius 2 is 2.40 bits per heavy atom. The molecule has 3 heteroatoms. The largest absolute Gasteiger partial charge is 0.446 e. The second-order valence-corrected chi connectivity index (χ2v) is 2.92. The third-order valence-corrected chi connectivity index (χ3v) is 1.99. The third-order valence-electron chi connectivity index (χ3n) is 1.99. The minimum atomic E-state index is -0.166. The standard InChI is InChI=1S/C7H10N2O/c1-5-6(10-4-9-5)7(8)2-3-7/h4H,2-3,8H2,1H3. The number of hydrogen-bond acceptors (Lipinski definition) is 3. The molecule has 1 aromatic rings. The van der Waals surface area contributed by atoms with E-state index in [9.17, 15) is 0 Å². The molecular formula is C7H10N2O. The van der Waals surface area contributed by atoms with E-state index in [0.717, 1.165) is 24.3 Å². The maximum atomic E-state index is 5.88. The zero-order valence-electron chi connectivity index (χ0n) is 5.92. The van der Waals surface area contributed by atoms with Crippen LogP contribution in [0.5, 0.6) is 0 Å². The Labute approximate surface area is 59.2 Å². The molecule has 0 aliphatic heterocycles. The van der Waals surface area contributed by atoms with Crippen LogP contribution >= 0.6 is 0 Å². The molecule has 1 heterocycles. The van der Waals surface area contributed by atoms with Crippen molar-refractivity contribution in [2.24, 2.45) is 5.73 Å². The summed E-state index contributed by atoms with van der Waals surface area (Å²) in [7, 11) is 0. The number of oxazole rings is 1. The van der Waals surface area contributed by atoms with Gasteiger partial charge >= 0.3 is 0 Å². The molecule has 0 spiro atoms. The molecule has 0 radical (unpaired) electrons. The lowest BCUT2D eigenvalue weighted by molar-refractivity contribution is 0.451. The lowest BCUT2D eigenvalue weighted by Crippen LogP contribution is -2.18. The van der Waals surface area contributed by atoms with Gasteiger partial charge in [0.2, 0.25) is 0 Å². The van der Waals surface area contributed by atoms with Crippen molar-refractivity contribution in [3.05, 3.63) is 17.8 Å². The van der Waals surface area contributed by atoms with E-state index in [1.54, 1.807) is 0 Å². The van der Waals surface area contributed by atoms with Crippen LogP contribution in [0.3, 0.4) is 0 Å². The average molecular weight is 138 g/mol. The van der Waals surface area contributed by atoms with E-state index >= 15 is 0 Å². The molecule has 2 rings (SSSR count). The van der Waals surface area contributed by atoms with Crippen molar-refractivity contribution < 1.29 is 4.42 Å². The highest BCUT2D eigenvalue weighted by molar-refractivity contribution is 5.22. The van der Waals surface area contributed by atoms with Gasteiger partial charge in [-0.1, -0.05) is 0 Å². The Kier molecular flexibility index (Phi) is 0.951. The van der Waals surface area contributed by atoms with Crippen molar-refractivity contribution in [1.82, 2.24) is 4.98 Å². The van der Waals surface area contributed by atoms with Crippen LogP contribution in [0.15, 0.2) is 10.8 Å². The first kappa shape index (κ1) is 5.92. The molecule has 0 bridgehead atoms. The number of nitrogens with zero attached hydrogens (tertiary/aromatic N) is 1. The van der Waals surface area contributed by atoms with Gasteiger partial charge in [0.15, 0.2) is 6.39 Å². The van der Waals surface area contributed by atoms with Crippen LogP contribution in [0.25, 0.3) is 0 Å². The van der Waals surface area contributed by atoms with Gasteiger partial charge in [-0.05, 0) is 19.8 Å². The van der Waals surface area contributed by atoms with E-state index in [1.807, 2.05) is 6.92 Å². The summed E-state index contributed by atoms with van der Waals surface area (Å²) in [6, 6.07) is 0. The highest BCUT2D eigenvalue weighted by atomic mass is 16.3. The van der Waals surface area contributed by atoms with Crippen LogP contribution in [0.4, 0.5) is 0 Å². The zero-order chi connectivity index (χ0) is 7.19. The van der Waals surface area contributed by atoms with Crippen LogP contribution in [0.2, 0.25) is 0 Å². The molecule has 0 saturated heterocycles. The van der Waals surface area contributed by atoms with E-state index in [-0.39, 0.29) is 5.54 Å². The molecule has 54 valence electrons. The van der Waals surface area contributed by atoms with E-state index in [1.165, 1.54) is 6.39 Å². The molecule has 1 saturated carbocycles. The molecule has 0 aromatic carbocycles. The van der Waals surface area contributed by atoms with Gasteiger partial charge in [-0.25, -0.2) is 4.98 Å². The molecule has 10 heavy (non-hydrogen) atoms.